The van der Waals surface area contributed by atoms with Crippen molar-refractivity contribution in [1.82, 2.24) is 9.80 Å². The third-order valence-corrected chi connectivity index (χ3v) is 7.53. The van der Waals surface area contributed by atoms with Gasteiger partial charge < -0.3 is 0 Å². The maximum absolute atomic E-state index is 6.47. The van der Waals surface area contributed by atoms with E-state index in [1.165, 1.54) is 22.3 Å². The van der Waals surface area contributed by atoms with Crippen LogP contribution in [0.2, 0.25) is 20.1 Å². The van der Waals surface area contributed by atoms with Gasteiger partial charge in [0.1, 0.15) is 0 Å². The molecule has 8 heteroatoms. The molecule has 0 N–H and O–H groups in total. The number of fused-ring (bicyclic) bond motifs is 2. The first kappa shape index (κ1) is 25.4. The Morgan fingerprint density at radius 1 is 0.793 bits per heavy atom. The van der Waals surface area contributed by atoms with Gasteiger partial charge in [-0.15, -0.1) is 24.8 Å². The molecule has 2 nitrogen and oxygen atoms in total. The summed E-state index contributed by atoms with van der Waals surface area (Å²) in [7, 11) is 0. The van der Waals surface area contributed by atoms with Gasteiger partial charge >= 0.3 is 0 Å². The number of nitrogens with zero attached hydrogens (tertiary/aromatic N) is 2. The molecule has 0 bridgehead atoms. The van der Waals surface area contributed by atoms with E-state index in [4.69, 9.17) is 46.4 Å². The second kappa shape index (κ2) is 10.6. The molecule has 160 valence electrons. The molecular weight excluding hydrogens is 493 g/mol. The van der Waals surface area contributed by atoms with Crippen LogP contribution in [-0.2, 0) is 25.9 Å². The highest BCUT2D eigenvalue weighted by Crippen LogP contribution is 2.34. The van der Waals surface area contributed by atoms with Gasteiger partial charge in [-0.2, -0.15) is 0 Å². The number of benzene rings is 2. The Labute approximate surface area is 205 Å². The zero-order valence-electron chi connectivity index (χ0n) is 16.1. The summed E-state index contributed by atoms with van der Waals surface area (Å²) >= 11 is 25.4. The van der Waals surface area contributed by atoms with Crippen LogP contribution in [0.15, 0.2) is 24.3 Å². The molecule has 1 atom stereocenters. The second-order valence-corrected chi connectivity index (χ2v) is 9.12. The molecule has 0 aromatic heterocycles. The Bertz CT molecular complexity index is 873. The molecule has 2 heterocycles. The van der Waals surface area contributed by atoms with Crippen molar-refractivity contribution in [2.75, 3.05) is 19.6 Å². The van der Waals surface area contributed by atoms with Gasteiger partial charge in [0.15, 0.2) is 0 Å². The smallest absolute Gasteiger partial charge is 0.0640 e. The molecule has 2 aromatic rings. The van der Waals surface area contributed by atoms with Crippen LogP contribution >= 0.6 is 71.2 Å². The van der Waals surface area contributed by atoms with Crippen molar-refractivity contribution in [1.29, 1.82) is 0 Å². The second-order valence-electron chi connectivity index (χ2n) is 7.55. The van der Waals surface area contributed by atoms with Gasteiger partial charge in [-0.3, -0.25) is 9.80 Å². The standard InChI is InChI=1S/C21H22Cl4N2.2ClH/c1-13(27-9-7-15-3-5-19(23)21(25)17(15)12-27)10-26-8-6-14-2-4-18(22)20(24)16(14)11-26;;/h2-5,13H,6-12H2,1H3;2*1H. The van der Waals surface area contributed by atoms with Gasteiger partial charge in [-0.1, -0.05) is 58.5 Å². The monoisotopic (exact) mass is 514 g/mol. The molecule has 2 aliphatic heterocycles. The highest BCUT2D eigenvalue weighted by Gasteiger charge is 2.26. The lowest BCUT2D eigenvalue weighted by Gasteiger charge is -2.38. The minimum absolute atomic E-state index is 0. The minimum Gasteiger partial charge on any atom is -0.297 e. The molecule has 0 saturated heterocycles. The molecule has 29 heavy (non-hydrogen) atoms. The Kier molecular flexibility index (Phi) is 9.28. The van der Waals surface area contributed by atoms with Crippen LogP contribution in [0.25, 0.3) is 0 Å². The molecule has 0 spiro atoms. The van der Waals surface area contributed by atoms with Gasteiger partial charge in [0.25, 0.3) is 0 Å². The van der Waals surface area contributed by atoms with Crippen LogP contribution in [0.5, 0.6) is 0 Å². The summed E-state index contributed by atoms with van der Waals surface area (Å²) in [6.07, 6.45) is 2.03. The van der Waals surface area contributed by atoms with E-state index < -0.39 is 0 Å². The molecule has 1 unspecified atom stereocenters. The topological polar surface area (TPSA) is 6.48 Å². The highest BCUT2D eigenvalue weighted by molar-refractivity contribution is 6.43. The first-order chi connectivity index (χ1) is 12.9. The van der Waals surface area contributed by atoms with Crippen molar-refractivity contribution >= 4 is 71.2 Å². The van der Waals surface area contributed by atoms with Crippen LogP contribution in [-0.4, -0.2) is 35.5 Å². The summed E-state index contributed by atoms with van der Waals surface area (Å²) in [6, 6.07) is 8.45. The van der Waals surface area contributed by atoms with Crippen LogP contribution in [0.4, 0.5) is 0 Å². The number of rotatable bonds is 3. The third kappa shape index (κ3) is 5.30. The molecule has 0 aliphatic carbocycles. The Morgan fingerprint density at radius 2 is 1.31 bits per heavy atom. The molecule has 0 radical (unpaired) electrons. The molecule has 2 aliphatic rings. The van der Waals surface area contributed by atoms with Gasteiger partial charge in [-0.25, -0.2) is 0 Å². The fourth-order valence-corrected chi connectivity index (χ4v) is 5.07. The van der Waals surface area contributed by atoms with Crippen molar-refractivity contribution in [3.05, 3.63) is 66.6 Å². The first-order valence-corrected chi connectivity index (χ1v) is 10.8. The Balaban J connectivity index is 0.00000150. The maximum atomic E-state index is 6.47. The average molecular weight is 517 g/mol. The van der Waals surface area contributed by atoms with E-state index in [2.05, 4.69) is 28.9 Å². The van der Waals surface area contributed by atoms with E-state index in [9.17, 15) is 0 Å². The normalized spacial score (nSPS) is 17.6. The fourth-order valence-electron chi connectivity index (χ4n) is 4.22. The van der Waals surface area contributed by atoms with E-state index in [1.807, 2.05) is 12.1 Å². The van der Waals surface area contributed by atoms with Crippen molar-refractivity contribution in [3.63, 3.8) is 0 Å². The zero-order valence-corrected chi connectivity index (χ0v) is 20.7. The summed E-state index contributed by atoms with van der Waals surface area (Å²) in [5.74, 6) is 0. The lowest BCUT2D eigenvalue weighted by atomic mass is 9.97. The van der Waals surface area contributed by atoms with Crippen LogP contribution in [0.3, 0.4) is 0 Å². The van der Waals surface area contributed by atoms with Gasteiger partial charge in [0, 0.05) is 38.8 Å². The van der Waals surface area contributed by atoms with Crippen LogP contribution in [0.1, 0.15) is 29.2 Å². The predicted octanol–water partition coefficient (Wildman–Crippen LogP) is 6.95. The minimum atomic E-state index is 0. The molecule has 2 aromatic carbocycles. The van der Waals surface area contributed by atoms with Crippen molar-refractivity contribution in [2.45, 2.75) is 38.9 Å². The lowest BCUT2D eigenvalue weighted by Crippen LogP contribution is -2.45. The number of hydrogen-bond donors (Lipinski definition) is 0. The van der Waals surface area contributed by atoms with E-state index in [1.54, 1.807) is 0 Å². The van der Waals surface area contributed by atoms with Crippen molar-refractivity contribution in [2.24, 2.45) is 0 Å². The summed E-state index contributed by atoms with van der Waals surface area (Å²) < 4.78 is 0. The summed E-state index contributed by atoms with van der Waals surface area (Å²) in [5.41, 5.74) is 5.00. The average Bonchev–Trinajstić information content (AvgIpc) is 2.68. The van der Waals surface area contributed by atoms with Gasteiger partial charge in [0.2, 0.25) is 0 Å². The van der Waals surface area contributed by atoms with E-state index in [0.717, 1.165) is 45.6 Å². The highest BCUT2D eigenvalue weighted by atomic mass is 35.5. The Hall–Kier alpha value is 0.1000. The van der Waals surface area contributed by atoms with E-state index >= 15 is 0 Å². The quantitative estimate of drug-likeness (QED) is 0.435. The summed E-state index contributed by atoms with van der Waals surface area (Å²) in [6.45, 7) is 7.09. The van der Waals surface area contributed by atoms with Crippen molar-refractivity contribution < 1.29 is 0 Å². The number of hydrogen-bond acceptors (Lipinski definition) is 2. The van der Waals surface area contributed by atoms with Crippen molar-refractivity contribution in [3.8, 4) is 0 Å². The van der Waals surface area contributed by atoms with Gasteiger partial charge in [0.05, 0.1) is 20.1 Å². The van der Waals surface area contributed by atoms with Crippen LogP contribution in [0, 0.1) is 0 Å². The van der Waals surface area contributed by atoms with Crippen LogP contribution < -0.4 is 0 Å². The third-order valence-electron chi connectivity index (χ3n) is 5.84. The molecule has 0 amide bonds. The zero-order chi connectivity index (χ0) is 19.1. The predicted molar refractivity (Wildman–Crippen MR) is 130 cm³/mol. The van der Waals surface area contributed by atoms with E-state index in [-0.39, 0.29) is 24.8 Å². The van der Waals surface area contributed by atoms with Gasteiger partial charge in [-0.05, 0) is 54.2 Å². The molecule has 4 rings (SSSR count). The maximum Gasteiger partial charge on any atom is 0.0640 e. The molecular formula is C21H24Cl6N2. The Morgan fingerprint density at radius 3 is 1.90 bits per heavy atom. The summed E-state index contributed by atoms with van der Waals surface area (Å²) in [5, 5.41) is 2.70. The SMILES string of the molecule is CC(CN1CCc2ccc(Cl)c(Cl)c2C1)N1CCc2ccc(Cl)c(Cl)c2C1.Cl.Cl. The van der Waals surface area contributed by atoms with E-state index in [0.29, 0.717) is 26.1 Å². The largest absolute Gasteiger partial charge is 0.297 e. The fraction of sp³-hybridized carbons (Fsp3) is 0.429. The first-order valence-electron chi connectivity index (χ1n) is 9.32. The number of halogens is 6. The summed E-state index contributed by atoms with van der Waals surface area (Å²) in [4.78, 5) is 4.98. The molecule has 0 saturated carbocycles. The molecule has 0 fully saturated rings. The lowest BCUT2D eigenvalue weighted by molar-refractivity contribution is 0.129.